The van der Waals surface area contributed by atoms with Crippen LogP contribution < -0.4 is 18.5 Å². The molecule has 1 aliphatic rings. The van der Waals surface area contributed by atoms with Gasteiger partial charge in [-0.3, -0.25) is 9.03 Å². The Labute approximate surface area is 165 Å². The minimum atomic E-state index is -3.95. The van der Waals surface area contributed by atoms with E-state index in [2.05, 4.69) is 4.72 Å². The first-order valence-electron chi connectivity index (χ1n) is 8.54. The zero-order valence-electron chi connectivity index (χ0n) is 15.8. The summed E-state index contributed by atoms with van der Waals surface area (Å²) in [5.41, 5.74) is 1.48. The number of ether oxygens (including phenoxy) is 2. The average Bonchev–Trinajstić information content (AvgIpc) is 3.01. The van der Waals surface area contributed by atoms with Gasteiger partial charge in [0.2, 0.25) is 10.0 Å². The molecule has 0 amide bonds. The van der Waals surface area contributed by atoms with E-state index in [4.69, 9.17) is 9.47 Å². The lowest BCUT2D eigenvalue weighted by atomic mass is 10.2. The van der Waals surface area contributed by atoms with E-state index in [1.165, 1.54) is 30.7 Å². The maximum atomic E-state index is 12.9. The zero-order valence-corrected chi connectivity index (χ0v) is 17.4. The average molecular weight is 427 g/mol. The van der Waals surface area contributed by atoms with Crippen LogP contribution in [0, 0.1) is 6.92 Å². The fourth-order valence-electron chi connectivity index (χ4n) is 3.04. The third kappa shape index (κ3) is 3.88. The first-order valence-corrected chi connectivity index (χ1v) is 11.6. The number of nitrogens with one attached hydrogen (secondary N) is 1. The summed E-state index contributed by atoms with van der Waals surface area (Å²) < 4.78 is 64.1. The Hall–Kier alpha value is -2.46. The van der Waals surface area contributed by atoms with Crippen LogP contribution in [0.4, 0.5) is 11.4 Å². The highest BCUT2D eigenvalue weighted by Crippen LogP contribution is 2.32. The highest BCUT2D eigenvalue weighted by molar-refractivity contribution is 7.93. The Morgan fingerprint density at radius 2 is 1.82 bits per heavy atom. The second kappa shape index (κ2) is 7.51. The van der Waals surface area contributed by atoms with Crippen LogP contribution in [-0.4, -0.2) is 43.4 Å². The number of aryl methyl sites for hydroxylation is 1. The summed E-state index contributed by atoms with van der Waals surface area (Å²) in [7, 11) is -4.42. The molecule has 10 heteroatoms. The predicted octanol–water partition coefficient (Wildman–Crippen LogP) is 2.35. The molecular weight excluding hydrogens is 404 g/mol. The number of methoxy groups -OCH3 is 2. The van der Waals surface area contributed by atoms with E-state index in [1.54, 1.807) is 31.2 Å². The second-order valence-corrected chi connectivity index (χ2v) is 10.0. The summed E-state index contributed by atoms with van der Waals surface area (Å²) in [4.78, 5) is -0.0556. The monoisotopic (exact) mass is 426 g/mol. The van der Waals surface area contributed by atoms with Gasteiger partial charge in [-0.15, -0.1) is 0 Å². The van der Waals surface area contributed by atoms with Crippen molar-refractivity contribution >= 4 is 31.4 Å². The maximum absolute atomic E-state index is 12.9. The highest BCUT2D eigenvalue weighted by atomic mass is 32.2. The molecule has 0 unspecified atom stereocenters. The van der Waals surface area contributed by atoms with E-state index >= 15 is 0 Å². The van der Waals surface area contributed by atoms with Crippen molar-refractivity contribution in [1.29, 1.82) is 0 Å². The van der Waals surface area contributed by atoms with Gasteiger partial charge in [-0.1, -0.05) is 0 Å². The first kappa shape index (κ1) is 20.3. The Kier molecular flexibility index (Phi) is 5.44. The van der Waals surface area contributed by atoms with Gasteiger partial charge < -0.3 is 9.47 Å². The van der Waals surface area contributed by atoms with E-state index in [-0.39, 0.29) is 16.4 Å². The number of nitrogens with zero attached hydrogens (tertiary/aromatic N) is 1. The lowest BCUT2D eigenvalue weighted by Crippen LogP contribution is -2.25. The van der Waals surface area contributed by atoms with Crippen molar-refractivity contribution in [3.63, 3.8) is 0 Å². The maximum Gasteiger partial charge on any atom is 0.265 e. The van der Waals surface area contributed by atoms with Crippen molar-refractivity contribution in [2.45, 2.75) is 18.2 Å². The molecule has 1 N–H and O–H groups in total. The van der Waals surface area contributed by atoms with Crippen molar-refractivity contribution in [1.82, 2.24) is 0 Å². The van der Waals surface area contributed by atoms with Gasteiger partial charge in [0.05, 0.1) is 31.3 Å². The van der Waals surface area contributed by atoms with Crippen molar-refractivity contribution in [2.75, 3.05) is 35.5 Å². The predicted molar refractivity (Wildman–Crippen MR) is 107 cm³/mol. The molecule has 0 atom stereocenters. The van der Waals surface area contributed by atoms with Gasteiger partial charge in [-0.05, 0) is 49.2 Å². The van der Waals surface area contributed by atoms with Crippen LogP contribution in [0.3, 0.4) is 0 Å². The molecule has 0 bridgehead atoms. The number of rotatable bonds is 6. The lowest BCUT2D eigenvalue weighted by molar-refractivity contribution is 0.392. The quantitative estimate of drug-likeness (QED) is 0.761. The fraction of sp³-hybridized carbons (Fsp3) is 0.333. The number of sulfonamides is 2. The SMILES string of the molecule is COc1ccc(OC)c(S(=O)(=O)Nc2ccc(N3CCCS3(=O)=O)cc2C)c1. The van der Waals surface area contributed by atoms with Gasteiger partial charge in [0.1, 0.15) is 16.4 Å². The molecular formula is C18H22N2O6S2. The van der Waals surface area contributed by atoms with Gasteiger partial charge in [0.25, 0.3) is 10.0 Å². The number of benzene rings is 2. The molecule has 1 heterocycles. The highest BCUT2D eigenvalue weighted by Gasteiger charge is 2.29. The van der Waals surface area contributed by atoms with E-state index in [0.717, 1.165) is 0 Å². The van der Waals surface area contributed by atoms with Crippen LogP contribution in [0.25, 0.3) is 0 Å². The van der Waals surface area contributed by atoms with E-state index in [0.29, 0.717) is 35.7 Å². The molecule has 2 aromatic rings. The summed E-state index contributed by atoms with van der Waals surface area (Å²) in [6.45, 7) is 2.14. The summed E-state index contributed by atoms with van der Waals surface area (Å²) in [5, 5.41) is 0. The van der Waals surface area contributed by atoms with E-state index in [1.807, 2.05) is 0 Å². The van der Waals surface area contributed by atoms with Crippen LogP contribution in [0.1, 0.15) is 12.0 Å². The third-order valence-corrected chi connectivity index (χ3v) is 7.76. The van der Waals surface area contributed by atoms with Crippen LogP contribution >= 0.6 is 0 Å². The topological polar surface area (TPSA) is 102 Å². The Bertz CT molecular complexity index is 1100. The molecule has 28 heavy (non-hydrogen) atoms. The molecule has 1 aliphatic heterocycles. The van der Waals surface area contributed by atoms with Crippen LogP contribution in [0.2, 0.25) is 0 Å². The molecule has 2 aromatic carbocycles. The summed E-state index contributed by atoms with van der Waals surface area (Å²) in [6.07, 6.45) is 0.575. The Balaban J connectivity index is 1.93. The fourth-order valence-corrected chi connectivity index (χ4v) is 5.91. The molecule has 0 radical (unpaired) electrons. The van der Waals surface area contributed by atoms with Crippen LogP contribution in [-0.2, 0) is 20.0 Å². The smallest absolute Gasteiger partial charge is 0.265 e. The molecule has 0 saturated carbocycles. The van der Waals surface area contributed by atoms with Crippen LogP contribution in [0.15, 0.2) is 41.3 Å². The Morgan fingerprint density at radius 3 is 2.39 bits per heavy atom. The van der Waals surface area contributed by atoms with Gasteiger partial charge in [-0.2, -0.15) is 0 Å². The zero-order chi connectivity index (χ0) is 20.5. The van der Waals surface area contributed by atoms with E-state index < -0.39 is 20.0 Å². The van der Waals surface area contributed by atoms with Crippen molar-refractivity contribution in [3.05, 3.63) is 42.0 Å². The third-order valence-electron chi connectivity index (χ3n) is 4.50. The van der Waals surface area contributed by atoms with Crippen molar-refractivity contribution in [3.8, 4) is 11.5 Å². The summed E-state index contributed by atoms with van der Waals surface area (Å²) in [6, 6.07) is 9.31. The standard InChI is InChI=1S/C18H22N2O6S2/c1-13-11-14(20-9-4-10-27(20,21)22)5-7-16(13)19-28(23,24)18-12-15(25-2)6-8-17(18)26-3/h5-8,11-12,19H,4,9-10H2,1-3H3. The summed E-state index contributed by atoms with van der Waals surface area (Å²) in [5.74, 6) is 0.689. The van der Waals surface area contributed by atoms with Gasteiger partial charge in [-0.25, -0.2) is 16.8 Å². The van der Waals surface area contributed by atoms with Gasteiger partial charge >= 0.3 is 0 Å². The van der Waals surface area contributed by atoms with Crippen molar-refractivity contribution < 1.29 is 26.3 Å². The largest absolute Gasteiger partial charge is 0.497 e. The normalized spacial score (nSPS) is 16.0. The molecule has 0 aliphatic carbocycles. The molecule has 3 rings (SSSR count). The minimum Gasteiger partial charge on any atom is -0.497 e. The minimum absolute atomic E-state index is 0.0556. The second-order valence-electron chi connectivity index (χ2n) is 6.36. The van der Waals surface area contributed by atoms with Gasteiger partial charge in [0, 0.05) is 12.6 Å². The Morgan fingerprint density at radius 1 is 1.07 bits per heavy atom. The van der Waals surface area contributed by atoms with Crippen molar-refractivity contribution in [2.24, 2.45) is 0 Å². The van der Waals surface area contributed by atoms with E-state index in [9.17, 15) is 16.8 Å². The number of anilines is 2. The van der Waals surface area contributed by atoms with Crippen LogP contribution in [0.5, 0.6) is 11.5 Å². The molecule has 0 spiro atoms. The number of hydrogen-bond donors (Lipinski definition) is 1. The lowest BCUT2D eigenvalue weighted by Gasteiger charge is -2.19. The summed E-state index contributed by atoms with van der Waals surface area (Å²) >= 11 is 0. The molecule has 8 nitrogen and oxygen atoms in total. The van der Waals surface area contributed by atoms with Gasteiger partial charge in [0.15, 0.2) is 0 Å². The first-order chi connectivity index (χ1) is 13.2. The molecule has 0 aromatic heterocycles. The molecule has 152 valence electrons. The molecule has 1 fully saturated rings. The number of hydrogen-bond acceptors (Lipinski definition) is 6. The molecule has 1 saturated heterocycles.